The molecule has 0 saturated carbocycles. The number of aromatic nitrogens is 1. The van der Waals surface area contributed by atoms with E-state index in [1.807, 2.05) is 37.4 Å². The van der Waals surface area contributed by atoms with Crippen molar-refractivity contribution in [2.24, 2.45) is 0 Å². The number of thiophene rings is 1. The second-order valence-corrected chi connectivity index (χ2v) is 7.29. The first-order chi connectivity index (χ1) is 11.6. The molecule has 5 heteroatoms. The molecule has 4 rings (SSSR count). The van der Waals surface area contributed by atoms with Gasteiger partial charge in [-0.05, 0) is 36.5 Å². The zero-order chi connectivity index (χ0) is 16.7. The molecule has 0 unspecified atom stereocenters. The predicted octanol–water partition coefficient (Wildman–Crippen LogP) is 3.64. The van der Waals surface area contributed by atoms with E-state index in [4.69, 9.17) is 10.7 Å². The monoisotopic (exact) mass is 337 g/mol. The molecule has 4 nitrogen and oxygen atoms in total. The molecule has 24 heavy (non-hydrogen) atoms. The number of pyridine rings is 1. The van der Waals surface area contributed by atoms with Crippen molar-refractivity contribution in [1.29, 1.82) is 0 Å². The summed E-state index contributed by atoms with van der Waals surface area (Å²) in [6, 6.07) is 12.1. The number of nitrogens with zero attached hydrogens (tertiary/aromatic N) is 2. The quantitative estimate of drug-likeness (QED) is 0.794. The van der Waals surface area contributed by atoms with Gasteiger partial charge < -0.3 is 10.6 Å². The number of hydrogen-bond donors (Lipinski definition) is 1. The highest BCUT2D eigenvalue weighted by atomic mass is 32.1. The van der Waals surface area contributed by atoms with Crippen LogP contribution in [0.1, 0.15) is 32.9 Å². The third kappa shape index (κ3) is 2.55. The minimum Gasteiger partial charge on any atom is -0.397 e. The van der Waals surface area contributed by atoms with Gasteiger partial charge in [0.15, 0.2) is 0 Å². The normalized spacial score (nSPS) is 13.2. The number of anilines is 1. The molecule has 1 aromatic carbocycles. The number of fused-ring (bicyclic) bond motifs is 2. The van der Waals surface area contributed by atoms with Crippen molar-refractivity contribution in [3.63, 3.8) is 0 Å². The molecule has 0 saturated heterocycles. The Hall–Kier alpha value is -2.40. The summed E-state index contributed by atoms with van der Waals surface area (Å²) in [5.41, 5.74) is 10.4. The Kier molecular flexibility index (Phi) is 3.73. The molecule has 0 fully saturated rings. The van der Waals surface area contributed by atoms with Gasteiger partial charge in [0.25, 0.3) is 5.91 Å². The molecule has 1 aliphatic carbocycles. The second-order valence-electron chi connectivity index (χ2n) is 6.29. The summed E-state index contributed by atoms with van der Waals surface area (Å²) in [5, 5.41) is 0.928. The van der Waals surface area contributed by atoms with Crippen LogP contribution in [0.2, 0.25) is 0 Å². The van der Waals surface area contributed by atoms with Crippen LogP contribution in [0.5, 0.6) is 0 Å². The summed E-state index contributed by atoms with van der Waals surface area (Å²) in [7, 11) is 1.81. The van der Waals surface area contributed by atoms with Crippen molar-refractivity contribution >= 4 is 33.1 Å². The van der Waals surface area contributed by atoms with Crippen molar-refractivity contribution in [2.45, 2.75) is 25.8 Å². The van der Waals surface area contributed by atoms with Gasteiger partial charge in [0.1, 0.15) is 9.71 Å². The Balaban J connectivity index is 1.66. The first-order valence-corrected chi connectivity index (χ1v) is 8.95. The first kappa shape index (κ1) is 15.1. The standard InChI is InChI=1S/C19H19N3OS/c1-22(11-12-6-3-2-4-7-12)19(23)17-16(20)14-10-13-8-5-9-15(13)21-18(14)24-17/h2-4,6-7,10H,5,8-9,11,20H2,1H3. The van der Waals surface area contributed by atoms with Crippen molar-refractivity contribution in [3.05, 3.63) is 58.1 Å². The molecule has 1 amide bonds. The number of rotatable bonds is 3. The van der Waals surface area contributed by atoms with Gasteiger partial charge >= 0.3 is 0 Å². The Morgan fingerprint density at radius 1 is 1.29 bits per heavy atom. The van der Waals surface area contributed by atoms with Gasteiger partial charge in [0.05, 0.1) is 5.69 Å². The number of hydrogen-bond acceptors (Lipinski definition) is 4. The smallest absolute Gasteiger partial charge is 0.266 e. The average Bonchev–Trinajstić information content (AvgIpc) is 3.17. The molecule has 122 valence electrons. The largest absolute Gasteiger partial charge is 0.397 e. The van der Waals surface area contributed by atoms with Crippen LogP contribution < -0.4 is 5.73 Å². The van der Waals surface area contributed by atoms with Crippen LogP contribution in [-0.4, -0.2) is 22.8 Å². The molecule has 0 radical (unpaired) electrons. The number of carbonyl (C=O) groups excluding carboxylic acids is 1. The highest BCUT2D eigenvalue weighted by Crippen LogP contribution is 2.36. The maximum Gasteiger partial charge on any atom is 0.266 e. The fourth-order valence-corrected chi connectivity index (χ4v) is 4.35. The van der Waals surface area contributed by atoms with Crippen LogP contribution >= 0.6 is 11.3 Å². The Morgan fingerprint density at radius 3 is 2.88 bits per heavy atom. The van der Waals surface area contributed by atoms with Crippen LogP contribution in [0.25, 0.3) is 10.2 Å². The summed E-state index contributed by atoms with van der Waals surface area (Å²) < 4.78 is 0. The third-order valence-electron chi connectivity index (χ3n) is 4.55. The summed E-state index contributed by atoms with van der Waals surface area (Å²) in [4.78, 5) is 20.7. The Labute approximate surface area is 144 Å². The second kappa shape index (κ2) is 5.91. The molecule has 0 bridgehead atoms. The average molecular weight is 337 g/mol. The summed E-state index contributed by atoms with van der Waals surface area (Å²) in [6.45, 7) is 0.567. The fraction of sp³-hybridized carbons (Fsp3) is 0.263. The molecule has 2 heterocycles. The van der Waals surface area contributed by atoms with E-state index in [2.05, 4.69) is 6.07 Å². The maximum absolute atomic E-state index is 12.8. The van der Waals surface area contributed by atoms with E-state index in [0.717, 1.165) is 35.0 Å². The lowest BCUT2D eigenvalue weighted by atomic mass is 10.1. The number of nitrogen functional groups attached to an aromatic ring is 1. The number of benzene rings is 1. The van der Waals surface area contributed by atoms with E-state index in [1.54, 1.807) is 4.90 Å². The van der Waals surface area contributed by atoms with Gasteiger partial charge in [-0.1, -0.05) is 30.3 Å². The summed E-state index contributed by atoms with van der Waals surface area (Å²) in [6.07, 6.45) is 3.25. The van der Waals surface area contributed by atoms with E-state index in [-0.39, 0.29) is 5.91 Å². The third-order valence-corrected chi connectivity index (χ3v) is 5.66. The number of amides is 1. The van der Waals surface area contributed by atoms with E-state index >= 15 is 0 Å². The number of carbonyl (C=O) groups is 1. The van der Waals surface area contributed by atoms with Crippen LogP contribution in [0, 0.1) is 0 Å². The van der Waals surface area contributed by atoms with Gasteiger partial charge in [-0.25, -0.2) is 4.98 Å². The minimum atomic E-state index is -0.0421. The Morgan fingerprint density at radius 2 is 2.08 bits per heavy atom. The molecule has 0 aliphatic heterocycles. The van der Waals surface area contributed by atoms with Crippen LogP contribution in [0.3, 0.4) is 0 Å². The van der Waals surface area contributed by atoms with Crippen LogP contribution in [0.4, 0.5) is 5.69 Å². The van der Waals surface area contributed by atoms with Crippen molar-refractivity contribution < 1.29 is 4.79 Å². The molecule has 2 aromatic heterocycles. The molecule has 1 aliphatic rings. The SMILES string of the molecule is CN(Cc1ccccc1)C(=O)c1sc2nc3c(cc2c1N)CCC3. The minimum absolute atomic E-state index is 0.0421. The van der Waals surface area contributed by atoms with Crippen LogP contribution in [-0.2, 0) is 19.4 Å². The zero-order valence-electron chi connectivity index (χ0n) is 13.6. The summed E-state index contributed by atoms with van der Waals surface area (Å²) >= 11 is 1.41. The fourth-order valence-electron chi connectivity index (χ4n) is 3.26. The van der Waals surface area contributed by atoms with Crippen molar-refractivity contribution in [1.82, 2.24) is 9.88 Å². The molecular formula is C19H19N3OS. The van der Waals surface area contributed by atoms with Gasteiger partial charge in [0, 0.05) is 24.7 Å². The van der Waals surface area contributed by atoms with Crippen molar-refractivity contribution in [3.8, 4) is 0 Å². The predicted molar refractivity (Wildman–Crippen MR) is 98.3 cm³/mol. The van der Waals surface area contributed by atoms with Crippen LogP contribution in [0.15, 0.2) is 36.4 Å². The molecule has 0 spiro atoms. The molecule has 0 atom stereocenters. The Bertz CT molecular complexity index is 917. The lowest BCUT2D eigenvalue weighted by Crippen LogP contribution is -2.26. The first-order valence-electron chi connectivity index (χ1n) is 8.13. The highest BCUT2D eigenvalue weighted by molar-refractivity contribution is 7.21. The lowest BCUT2D eigenvalue weighted by Gasteiger charge is -2.16. The van der Waals surface area contributed by atoms with Gasteiger partial charge in [0.2, 0.25) is 0 Å². The number of aryl methyl sites for hydroxylation is 2. The highest BCUT2D eigenvalue weighted by Gasteiger charge is 2.23. The molecule has 3 aromatic rings. The number of nitrogens with two attached hydrogens (primary N) is 1. The van der Waals surface area contributed by atoms with Gasteiger partial charge in [-0.2, -0.15) is 0 Å². The molecule has 2 N–H and O–H groups in total. The van der Waals surface area contributed by atoms with E-state index < -0.39 is 0 Å². The van der Waals surface area contributed by atoms with Gasteiger partial charge in [-0.3, -0.25) is 4.79 Å². The van der Waals surface area contributed by atoms with E-state index in [0.29, 0.717) is 17.1 Å². The lowest BCUT2D eigenvalue weighted by molar-refractivity contribution is 0.0791. The zero-order valence-corrected chi connectivity index (χ0v) is 14.4. The molecular weight excluding hydrogens is 318 g/mol. The van der Waals surface area contributed by atoms with E-state index in [9.17, 15) is 4.79 Å². The maximum atomic E-state index is 12.8. The van der Waals surface area contributed by atoms with E-state index in [1.165, 1.54) is 22.6 Å². The topological polar surface area (TPSA) is 59.2 Å². The summed E-state index contributed by atoms with van der Waals surface area (Å²) in [5.74, 6) is -0.0421. The van der Waals surface area contributed by atoms with Gasteiger partial charge in [-0.15, -0.1) is 11.3 Å². The van der Waals surface area contributed by atoms with Crippen molar-refractivity contribution in [2.75, 3.05) is 12.8 Å².